The van der Waals surface area contributed by atoms with Gasteiger partial charge < -0.3 is 0 Å². The fourth-order valence-corrected chi connectivity index (χ4v) is 2.45. The molecule has 90 valence electrons. The van der Waals surface area contributed by atoms with Crippen LogP contribution in [-0.2, 0) is 0 Å². The van der Waals surface area contributed by atoms with E-state index in [9.17, 15) is 0 Å². The molecule has 0 spiro atoms. The van der Waals surface area contributed by atoms with Gasteiger partial charge in [0.1, 0.15) is 5.65 Å². The molecule has 4 heteroatoms. The van der Waals surface area contributed by atoms with E-state index in [4.69, 9.17) is 23.2 Å². The predicted octanol–water partition coefficient (Wildman–Crippen LogP) is 4.62. The molecule has 3 rings (SSSR count). The van der Waals surface area contributed by atoms with Gasteiger partial charge in [-0.1, -0.05) is 41.4 Å². The molecule has 0 N–H and O–H groups in total. The Hall–Kier alpha value is -1.51. The Morgan fingerprint density at radius 1 is 1.06 bits per heavy atom. The van der Waals surface area contributed by atoms with Gasteiger partial charge in [0.25, 0.3) is 0 Å². The Morgan fingerprint density at radius 3 is 2.50 bits per heavy atom. The lowest BCUT2D eigenvalue weighted by Gasteiger charge is -2.03. The minimum Gasteiger partial charge on any atom is -0.298 e. The molecule has 0 amide bonds. The summed E-state index contributed by atoms with van der Waals surface area (Å²) in [6, 6.07) is 11.6. The van der Waals surface area contributed by atoms with Crippen molar-refractivity contribution >= 4 is 28.8 Å². The van der Waals surface area contributed by atoms with Gasteiger partial charge >= 0.3 is 0 Å². The van der Waals surface area contributed by atoms with E-state index in [1.165, 1.54) is 0 Å². The smallest absolute Gasteiger partial charge is 0.156 e. The van der Waals surface area contributed by atoms with Crippen molar-refractivity contribution in [3.8, 4) is 11.3 Å². The van der Waals surface area contributed by atoms with Crippen LogP contribution in [0.5, 0.6) is 0 Å². The summed E-state index contributed by atoms with van der Waals surface area (Å²) >= 11 is 12.1. The fraction of sp³-hybridized carbons (Fsp3) is 0.0714. The largest absolute Gasteiger partial charge is 0.298 e. The number of aromatic nitrogens is 2. The zero-order valence-electron chi connectivity index (χ0n) is 9.69. The third-order valence-electron chi connectivity index (χ3n) is 2.92. The van der Waals surface area contributed by atoms with E-state index in [2.05, 4.69) is 4.98 Å². The normalized spacial score (nSPS) is 11.1. The molecule has 0 bridgehead atoms. The van der Waals surface area contributed by atoms with E-state index in [0.717, 1.165) is 22.5 Å². The van der Waals surface area contributed by atoms with Crippen molar-refractivity contribution in [3.05, 3.63) is 58.3 Å². The number of halogens is 2. The van der Waals surface area contributed by atoms with Crippen LogP contribution in [0.1, 0.15) is 5.56 Å². The number of pyridine rings is 1. The highest BCUT2D eigenvalue weighted by molar-refractivity contribution is 6.32. The molecule has 0 fully saturated rings. The third kappa shape index (κ3) is 1.78. The SMILES string of the molecule is Cc1cccn2c(-c3ccc(Cl)cc3)c(Cl)nc12. The van der Waals surface area contributed by atoms with Crippen LogP contribution in [0.2, 0.25) is 10.2 Å². The van der Waals surface area contributed by atoms with Gasteiger partial charge in [-0.25, -0.2) is 4.98 Å². The molecule has 0 saturated heterocycles. The molecular formula is C14H10Cl2N2. The Bertz CT molecular complexity index is 714. The molecule has 3 aromatic rings. The lowest BCUT2D eigenvalue weighted by atomic mass is 10.2. The Morgan fingerprint density at radius 2 is 1.78 bits per heavy atom. The van der Waals surface area contributed by atoms with E-state index >= 15 is 0 Å². The second-order valence-corrected chi connectivity index (χ2v) is 4.94. The molecule has 0 aliphatic rings. The molecule has 2 nitrogen and oxygen atoms in total. The first-order chi connectivity index (χ1) is 8.66. The zero-order valence-corrected chi connectivity index (χ0v) is 11.2. The monoisotopic (exact) mass is 276 g/mol. The average Bonchev–Trinajstić information content (AvgIpc) is 2.69. The number of benzene rings is 1. The number of hydrogen-bond donors (Lipinski definition) is 0. The van der Waals surface area contributed by atoms with Gasteiger partial charge in [0, 0.05) is 16.8 Å². The summed E-state index contributed by atoms with van der Waals surface area (Å²) in [5, 5.41) is 1.21. The van der Waals surface area contributed by atoms with E-state index in [1.54, 1.807) is 0 Å². The van der Waals surface area contributed by atoms with Gasteiger partial charge in [-0.3, -0.25) is 4.40 Å². The second kappa shape index (κ2) is 4.30. The summed E-state index contributed by atoms with van der Waals surface area (Å²) in [5.74, 6) is 0. The van der Waals surface area contributed by atoms with Crippen molar-refractivity contribution in [3.63, 3.8) is 0 Å². The van der Waals surface area contributed by atoms with Crippen LogP contribution in [0.25, 0.3) is 16.9 Å². The molecule has 18 heavy (non-hydrogen) atoms. The minimum absolute atomic E-state index is 0.506. The van der Waals surface area contributed by atoms with Crippen LogP contribution in [0.15, 0.2) is 42.6 Å². The standard InChI is InChI=1S/C14H10Cl2N2/c1-9-3-2-8-18-12(13(16)17-14(9)18)10-4-6-11(15)7-5-10/h2-8H,1H3. The highest BCUT2D eigenvalue weighted by Crippen LogP contribution is 2.30. The first-order valence-corrected chi connectivity index (χ1v) is 6.31. The molecule has 0 saturated carbocycles. The Labute approximate surface area is 115 Å². The number of nitrogens with zero attached hydrogens (tertiary/aromatic N) is 2. The minimum atomic E-state index is 0.506. The van der Waals surface area contributed by atoms with Crippen molar-refractivity contribution in [1.29, 1.82) is 0 Å². The maximum absolute atomic E-state index is 6.25. The summed E-state index contributed by atoms with van der Waals surface area (Å²) in [4.78, 5) is 4.41. The predicted molar refractivity (Wildman–Crippen MR) is 75.4 cm³/mol. The highest BCUT2D eigenvalue weighted by atomic mass is 35.5. The molecule has 0 aliphatic carbocycles. The Kier molecular flexibility index (Phi) is 2.77. The summed E-state index contributed by atoms with van der Waals surface area (Å²) < 4.78 is 2.00. The number of aryl methyl sites for hydroxylation is 1. The zero-order chi connectivity index (χ0) is 12.7. The number of imidazole rings is 1. The fourth-order valence-electron chi connectivity index (χ4n) is 2.04. The highest BCUT2D eigenvalue weighted by Gasteiger charge is 2.13. The quantitative estimate of drug-likeness (QED) is 0.634. The number of rotatable bonds is 1. The molecule has 2 aromatic heterocycles. The van der Waals surface area contributed by atoms with E-state index in [-0.39, 0.29) is 0 Å². The van der Waals surface area contributed by atoms with Crippen LogP contribution in [0.4, 0.5) is 0 Å². The van der Waals surface area contributed by atoms with Crippen LogP contribution in [-0.4, -0.2) is 9.38 Å². The molecule has 0 unspecified atom stereocenters. The van der Waals surface area contributed by atoms with Crippen molar-refractivity contribution in [2.45, 2.75) is 6.92 Å². The molecular weight excluding hydrogens is 267 g/mol. The molecule has 0 aliphatic heterocycles. The van der Waals surface area contributed by atoms with Crippen LogP contribution >= 0.6 is 23.2 Å². The first-order valence-electron chi connectivity index (χ1n) is 5.56. The first kappa shape index (κ1) is 11.6. The van der Waals surface area contributed by atoms with Gasteiger partial charge in [0.15, 0.2) is 5.15 Å². The maximum Gasteiger partial charge on any atom is 0.156 e. The Balaban J connectivity index is 2.32. The lowest BCUT2D eigenvalue weighted by molar-refractivity contribution is 1.17. The van der Waals surface area contributed by atoms with Crippen molar-refractivity contribution < 1.29 is 0 Å². The molecule has 2 heterocycles. The summed E-state index contributed by atoms with van der Waals surface area (Å²) in [6.07, 6.45) is 1.96. The van der Waals surface area contributed by atoms with Crippen molar-refractivity contribution in [2.75, 3.05) is 0 Å². The van der Waals surface area contributed by atoms with Gasteiger partial charge in [0.2, 0.25) is 0 Å². The van der Waals surface area contributed by atoms with E-state index in [1.807, 2.05) is 53.9 Å². The van der Waals surface area contributed by atoms with Gasteiger partial charge in [-0.2, -0.15) is 0 Å². The second-order valence-electron chi connectivity index (χ2n) is 4.14. The van der Waals surface area contributed by atoms with Crippen LogP contribution in [0, 0.1) is 6.92 Å². The van der Waals surface area contributed by atoms with Crippen molar-refractivity contribution in [1.82, 2.24) is 9.38 Å². The van der Waals surface area contributed by atoms with Gasteiger partial charge in [0.05, 0.1) is 5.69 Å². The molecule has 0 atom stereocenters. The van der Waals surface area contributed by atoms with E-state index < -0.39 is 0 Å². The summed E-state index contributed by atoms with van der Waals surface area (Å²) in [6.45, 7) is 2.02. The molecule has 1 aromatic carbocycles. The average molecular weight is 277 g/mol. The van der Waals surface area contributed by atoms with Crippen molar-refractivity contribution in [2.24, 2.45) is 0 Å². The lowest BCUT2D eigenvalue weighted by Crippen LogP contribution is -1.89. The number of fused-ring (bicyclic) bond motifs is 1. The van der Waals surface area contributed by atoms with Crippen LogP contribution in [0.3, 0.4) is 0 Å². The summed E-state index contributed by atoms with van der Waals surface area (Å²) in [5.41, 5.74) is 3.88. The maximum atomic E-state index is 6.25. The summed E-state index contributed by atoms with van der Waals surface area (Å²) in [7, 11) is 0. The topological polar surface area (TPSA) is 17.3 Å². The van der Waals surface area contributed by atoms with Gasteiger partial charge in [-0.05, 0) is 30.7 Å². The third-order valence-corrected chi connectivity index (χ3v) is 3.44. The van der Waals surface area contributed by atoms with Gasteiger partial charge in [-0.15, -0.1) is 0 Å². The molecule has 0 radical (unpaired) electrons. The number of hydrogen-bond acceptors (Lipinski definition) is 1. The van der Waals surface area contributed by atoms with Crippen LogP contribution < -0.4 is 0 Å². The van der Waals surface area contributed by atoms with E-state index in [0.29, 0.717) is 10.2 Å².